The number of aromatic nitrogens is 2. The van der Waals surface area contributed by atoms with E-state index in [9.17, 15) is 0 Å². The van der Waals surface area contributed by atoms with Crippen LogP contribution in [0.5, 0.6) is 0 Å². The van der Waals surface area contributed by atoms with Gasteiger partial charge in [-0.2, -0.15) is 4.98 Å². The Kier molecular flexibility index (Phi) is 8.16. The van der Waals surface area contributed by atoms with Crippen LogP contribution >= 0.6 is 15.9 Å². The molecule has 31 heavy (non-hydrogen) atoms. The predicted molar refractivity (Wildman–Crippen MR) is 132 cm³/mol. The molecular weight excluding hydrogens is 452 g/mol. The van der Waals surface area contributed by atoms with E-state index in [2.05, 4.69) is 77.5 Å². The lowest BCUT2D eigenvalue weighted by Crippen LogP contribution is -2.38. The van der Waals surface area contributed by atoms with Crippen molar-refractivity contribution < 1.29 is 0 Å². The first-order valence-electron chi connectivity index (χ1n) is 11.8. The van der Waals surface area contributed by atoms with Gasteiger partial charge < -0.3 is 15.5 Å². The fraction of sp³-hybridized carbons (Fsp3) is 0.583. The van der Waals surface area contributed by atoms with Gasteiger partial charge in [0.1, 0.15) is 5.82 Å². The average Bonchev–Trinajstić information content (AvgIpc) is 3.29. The Morgan fingerprint density at radius 1 is 1.06 bits per heavy atom. The number of benzene rings is 1. The van der Waals surface area contributed by atoms with Gasteiger partial charge >= 0.3 is 0 Å². The molecule has 2 aliphatic heterocycles. The Morgan fingerprint density at radius 2 is 1.84 bits per heavy atom. The van der Waals surface area contributed by atoms with Crippen LogP contribution in [0, 0.1) is 0 Å². The first-order chi connectivity index (χ1) is 15.2. The van der Waals surface area contributed by atoms with Gasteiger partial charge in [0.15, 0.2) is 0 Å². The highest BCUT2D eigenvalue weighted by Gasteiger charge is 2.17. The van der Waals surface area contributed by atoms with Crippen molar-refractivity contribution in [1.29, 1.82) is 0 Å². The number of nitrogens with one attached hydrogen (secondary N) is 2. The summed E-state index contributed by atoms with van der Waals surface area (Å²) in [5.74, 6) is 1.46. The lowest BCUT2D eigenvalue weighted by molar-refractivity contribution is 0.160. The second-order valence-corrected chi connectivity index (χ2v) is 9.71. The molecule has 1 atom stereocenters. The van der Waals surface area contributed by atoms with E-state index in [0.29, 0.717) is 5.95 Å². The monoisotopic (exact) mass is 486 g/mol. The van der Waals surface area contributed by atoms with Crippen molar-refractivity contribution in [2.75, 3.05) is 43.4 Å². The van der Waals surface area contributed by atoms with E-state index >= 15 is 0 Å². The molecule has 0 aliphatic carbocycles. The summed E-state index contributed by atoms with van der Waals surface area (Å²) >= 11 is 3.57. The molecule has 0 amide bonds. The molecule has 0 bridgehead atoms. The number of rotatable bonds is 9. The number of hydrogen-bond donors (Lipinski definition) is 2. The topological polar surface area (TPSA) is 56.3 Å². The lowest BCUT2D eigenvalue weighted by atomic mass is 10.0. The number of likely N-dealkylation sites (tertiary alicyclic amines) is 2. The van der Waals surface area contributed by atoms with Gasteiger partial charge in [0, 0.05) is 37.6 Å². The average molecular weight is 487 g/mol. The van der Waals surface area contributed by atoms with Crippen LogP contribution < -0.4 is 10.6 Å². The molecule has 0 radical (unpaired) electrons. The van der Waals surface area contributed by atoms with Crippen molar-refractivity contribution in [2.24, 2.45) is 0 Å². The fourth-order valence-corrected chi connectivity index (χ4v) is 4.88. The Labute approximate surface area is 195 Å². The molecule has 1 unspecified atom stereocenters. The van der Waals surface area contributed by atoms with Gasteiger partial charge in [-0.25, -0.2) is 4.98 Å². The molecule has 2 N–H and O–H groups in total. The summed E-state index contributed by atoms with van der Waals surface area (Å²) in [7, 11) is 0. The van der Waals surface area contributed by atoms with Crippen LogP contribution in [-0.4, -0.2) is 58.5 Å². The highest BCUT2D eigenvalue weighted by molar-refractivity contribution is 9.10. The molecule has 1 aromatic carbocycles. The van der Waals surface area contributed by atoms with Crippen molar-refractivity contribution in [1.82, 2.24) is 19.8 Å². The smallest absolute Gasteiger partial charge is 0.229 e. The highest BCUT2D eigenvalue weighted by Crippen LogP contribution is 2.23. The van der Waals surface area contributed by atoms with Gasteiger partial charge in [-0.05, 0) is 92.3 Å². The van der Waals surface area contributed by atoms with Crippen LogP contribution in [0.3, 0.4) is 0 Å². The van der Waals surface area contributed by atoms with E-state index in [0.717, 1.165) is 48.1 Å². The summed E-state index contributed by atoms with van der Waals surface area (Å²) in [5.41, 5.74) is 2.37. The van der Waals surface area contributed by atoms with E-state index in [4.69, 9.17) is 0 Å². The third-order valence-corrected chi connectivity index (χ3v) is 6.99. The van der Waals surface area contributed by atoms with Crippen molar-refractivity contribution in [3.63, 3.8) is 0 Å². The molecule has 7 heteroatoms. The predicted octanol–water partition coefficient (Wildman–Crippen LogP) is 5.25. The van der Waals surface area contributed by atoms with E-state index in [1.807, 2.05) is 6.20 Å². The van der Waals surface area contributed by atoms with Crippen LogP contribution in [0.25, 0.3) is 0 Å². The van der Waals surface area contributed by atoms with Gasteiger partial charge in [0.05, 0.1) is 4.47 Å². The maximum atomic E-state index is 4.67. The molecule has 2 saturated heterocycles. The number of anilines is 3. The summed E-state index contributed by atoms with van der Waals surface area (Å²) < 4.78 is 0.894. The van der Waals surface area contributed by atoms with Crippen LogP contribution in [0.4, 0.5) is 17.5 Å². The van der Waals surface area contributed by atoms with Crippen molar-refractivity contribution in [3.05, 3.63) is 40.5 Å². The fourth-order valence-electron chi connectivity index (χ4n) is 4.55. The number of halogens is 1. The summed E-state index contributed by atoms with van der Waals surface area (Å²) in [4.78, 5) is 14.2. The van der Waals surface area contributed by atoms with Crippen molar-refractivity contribution in [2.45, 2.75) is 58.0 Å². The zero-order valence-electron chi connectivity index (χ0n) is 18.6. The third kappa shape index (κ3) is 6.64. The van der Waals surface area contributed by atoms with E-state index in [1.54, 1.807) is 0 Å². The number of nitrogens with zero attached hydrogens (tertiary/aromatic N) is 4. The molecule has 1 aromatic heterocycles. The van der Waals surface area contributed by atoms with Crippen LogP contribution in [0.15, 0.2) is 34.9 Å². The molecule has 3 heterocycles. The molecule has 0 spiro atoms. The number of hydrogen-bond acceptors (Lipinski definition) is 6. The second-order valence-electron chi connectivity index (χ2n) is 8.86. The first-order valence-corrected chi connectivity index (χ1v) is 12.6. The standard InChI is InChI=1S/C24H35BrN6/c1-19-7-2-3-15-31(19)16-6-12-26-23-22(25)17-27-24(29-23)28-21-10-8-20(9-11-21)18-30-13-4-5-14-30/h8-11,17,19H,2-7,12-16,18H2,1H3,(H2,26,27,28,29). The molecule has 4 rings (SSSR count). The van der Waals surface area contributed by atoms with Crippen LogP contribution in [0.1, 0.15) is 51.0 Å². The maximum Gasteiger partial charge on any atom is 0.229 e. The first kappa shape index (κ1) is 22.5. The van der Waals surface area contributed by atoms with Crippen LogP contribution in [0.2, 0.25) is 0 Å². The van der Waals surface area contributed by atoms with Crippen LogP contribution in [-0.2, 0) is 6.54 Å². The van der Waals surface area contributed by atoms with Gasteiger partial charge in [-0.15, -0.1) is 0 Å². The summed E-state index contributed by atoms with van der Waals surface area (Å²) in [5, 5.41) is 6.81. The molecule has 2 aliphatic rings. The molecule has 6 nitrogen and oxygen atoms in total. The zero-order valence-corrected chi connectivity index (χ0v) is 20.2. The van der Waals surface area contributed by atoms with E-state index < -0.39 is 0 Å². The quantitative estimate of drug-likeness (QED) is 0.471. The van der Waals surface area contributed by atoms with Gasteiger partial charge in [0.2, 0.25) is 5.95 Å². The summed E-state index contributed by atoms with van der Waals surface area (Å²) in [6.45, 7) is 9.13. The highest BCUT2D eigenvalue weighted by atomic mass is 79.9. The Bertz CT molecular complexity index is 821. The molecule has 0 saturated carbocycles. The largest absolute Gasteiger partial charge is 0.369 e. The lowest BCUT2D eigenvalue weighted by Gasteiger charge is -2.33. The Balaban J connectivity index is 1.27. The zero-order chi connectivity index (χ0) is 21.5. The van der Waals surface area contributed by atoms with Gasteiger partial charge in [-0.3, -0.25) is 4.90 Å². The maximum absolute atomic E-state index is 4.67. The third-order valence-electron chi connectivity index (χ3n) is 6.41. The second kappa shape index (κ2) is 11.2. The molecular formula is C24H35BrN6. The van der Waals surface area contributed by atoms with Crippen molar-refractivity contribution >= 4 is 33.4 Å². The Morgan fingerprint density at radius 3 is 2.61 bits per heavy atom. The van der Waals surface area contributed by atoms with E-state index in [-0.39, 0.29) is 0 Å². The Hall–Kier alpha value is -1.70. The summed E-state index contributed by atoms with van der Waals surface area (Å²) in [6.07, 6.45) is 9.63. The van der Waals surface area contributed by atoms with Crippen molar-refractivity contribution in [3.8, 4) is 0 Å². The molecule has 168 valence electrons. The molecule has 2 fully saturated rings. The minimum atomic E-state index is 0.614. The SMILES string of the molecule is CC1CCCCN1CCCNc1nc(Nc2ccc(CN3CCCC3)cc2)ncc1Br. The molecule has 2 aromatic rings. The summed E-state index contributed by atoms with van der Waals surface area (Å²) in [6, 6.07) is 9.34. The normalized spacial score (nSPS) is 20.1. The van der Waals surface area contributed by atoms with Gasteiger partial charge in [-0.1, -0.05) is 18.6 Å². The minimum Gasteiger partial charge on any atom is -0.369 e. The van der Waals surface area contributed by atoms with E-state index in [1.165, 1.54) is 57.3 Å². The van der Waals surface area contributed by atoms with Gasteiger partial charge in [0.25, 0.3) is 0 Å². The number of piperidine rings is 1. The minimum absolute atomic E-state index is 0.614.